The van der Waals surface area contributed by atoms with Crippen molar-refractivity contribution < 1.29 is 9.47 Å². The maximum absolute atomic E-state index is 6.00. The van der Waals surface area contributed by atoms with Crippen LogP contribution in [0, 0.1) is 6.92 Å². The van der Waals surface area contributed by atoms with Gasteiger partial charge < -0.3 is 9.47 Å². The van der Waals surface area contributed by atoms with Crippen LogP contribution in [0.1, 0.15) is 34.2 Å². The average molecular weight is 419 g/mol. The van der Waals surface area contributed by atoms with Crippen molar-refractivity contribution in [1.82, 2.24) is 0 Å². The molecular weight excluding hydrogens is 392 g/mol. The predicted octanol–water partition coefficient (Wildman–Crippen LogP) is 6.53. The fourth-order valence-corrected chi connectivity index (χ4v) is 5.23. The molecule has 1 saturated heterocycles. The van der Waals surface area contributed by atoms with Gasteiger partial charge in [0.1, 0.15) is 12.4 Å². The highest BCUT2D eigenvalue weighted by Gasteiger charge is 2.45. The molecule has 32 heavy (non-hydrogen) atoms. The number of rotatable bonds is 5. The number of hydrogen-bond donors (Lipinski definition) is 0. The first kappa shape index (κ1) is 19.3. The van der Waals surface area contributed by atoms with E-state index in [0.717, 1.165) is 18.8 Å². The molecule has 2 heteroatoms. The Morgan fingerprint density at radius 3 is 1.81 bits per heavy atom. The zero-order valence-corrected chi connectivity index (χ0v) is 18.3. The van der Waals surface area contributed by atoms with Gasteiger partial charge in [0.05, 0.1) is 11.5 Å². The molecule has 2 nitrogen and oxygen atoms in total. The summed E-state index contributed by atoms with van der Waals surface area (Å²) < 4.78 is 11.5. The average Bonchev–Trinajstić information content (AvgIpc) is 3.11. The smallest absolute Gasteiger partial charge is 0.119 e. The molecule has 6 rings (SSSR count). The number of fused-ring (bicyclic) bond motifs is 3. The van der Waals surface area contributed by atoms with Crippen LogP contribution in [0.2, 0.25) is 0 Å². The Hall–Kier alpha value is -3.36. The molecule has 4 aromatic carbocycles. The Kier molecular flexibility index (Phi) is 4.62. The summed E-state index contributed by atoms with van der Waals surface area (Å²) in [6, 6.07) is 35.3. The van der Waals surface area contributed by atoms with E-state index in [9.17, 15) is 0 Å². The summed E-state index contributed by atoms with van der Waals surface area (Å²) >= 11 is 0. The van der Waals surface area contributed by atoms with Crippen LogP contribution in [0.25, 0.3) is 11.1 Å². The van der Waals surface area contributed by atoms with Crippen molar-refractivity contribution in [3.05, 3.63) is 125 Å². The lowest BCUT2D eigenvalue weighted by Gasteiger charge is -2.34. The molecule has 158 valence electrons. The molecule has 1 aliphatic carbocycles. The molecule has 0 radical (unpaired) electrons. The first-order chi connectivity index (χ1) is 15.8. The van der Waals surface area contributed by atoms with E-state index in [4.69, 9.17) is 9.47 Å². The van der Waals surface area contributed by atoms with Gasteiger partial charge >= 0.3 is 0 Å². The quantitative estimate of drug-likeness (QED) is 0.323. The van der Waals surface area contributed by atoms with Gasteiger partial charge in [-0.3, -0.25) is 0 Å². The van der Waals surface area contributed by atoms with E-state index in [0.29, 0.717) is 6.61 Å². The lowest BCUT2D eigenvalue weighted by Crippen LogP contribution is -2.32. The van der Waals surface area contributed by atoms with Crippen molar-refractivity contribution in [3.8, 4) is 16.9 Å². The highest BCUT2D eigenvalue weighted by atomic mass is 16.5. The normalized spacial score (nSPS) is 17.8. The third-order valence-corrected chi connectivity index (χ3v) is 6.95. The number of aryl methyl sites for hydroxylation is 1. The van der Waals surface area contributed by atoms with E-state index >= 15 is 0 Å². The van der Waals surface area contributed by atoms with E-state index in [1.54, 1.807) is 0 Å². The predicted molar refractivity (Wildman–Crippen MR) is 128 cm³/mol. The molecule has 0 bridgehead atoms. The van der Waals surface area contributed by atoms with Crippen LogP contribution < -0.4 is 4.74 Å². The number of ether oxygens (including phenoxy) is 2. The Morgan fingerprint density at radius 1 is 0.750 bits per heavy atom. The molecule has 4 aromatic rings. The zero-order chi connectivity index (χ0) is 21.5. The van der Waals surface area contributed by atoms with Crippen molar-refractivity contribution in [2.45, 2.75) is 24.9 Å². The van der Waals surface area contributed by atoms with Crippen molar-refractivity contribution in [3.63, 3.8) is 0 Å². The molecular formula is C30H26O2. The van der Waals surface area contributed by atoms with Gasteiger partial charge in [-0.15, -0.1) is 0 Å². The van der Waals surface area contributed by atoms with Crippen LogP contribution in [-0.4, -0.2) is 19.3 Å². The number of benzene rings is 4. The summed E-state index contributed by atoms with van der Waals surface area (Å²) in [6.45, 7) is 3.61. The molecule has 1 unspecified atom stereocenters. The van der Waals surface area contributed by atoms with Crippen LogP contribution in [-0.2, 0) is 10.2 Å². The Labute approximate surface area is 189 Å². The summed E-state index contributed by atoms with van der Waals surface area (Å²) in [5, 5.41) is 0. The van der Waals surface area contributed by atoms with Gasteiger partial charge in [-0.1, -0.05) is 90.5 Å². The van der Waals surface area contributed by atoms with Gasteiger partial charge in [-0.2, -0.15) is 0 Å². The second-order valence-corrected chi connectivity index (χ2v) is 8.82. The second-order valence-electron chi connectivity index (χ2n) is 8.82. The molecule has 1 fully saturated rings. The molecule has 1 atom stereocenters. The minimum absolute atomic E-state index is 0.238. The SMILES string of the molecule is Cc1ccc(C2(c3ccc(OCC4CCO4)cc3)c3ccccc3-c3ccccc32)cc1. The van der Waals surface area contributed by atoms with E-state index in [2.05, 4.69) is 104 Å². The fourth-order valence-electron chi connectivity index (χ4n) is 5.23. The van der Waals surface area contributed by atoms with Crippen LogP contribution in [0.5, 0.6) is 5.75 Å². The van der Waals surface area contributed by atoms with Crippen LogP contribution in [0.4, 0.5) is 0 Å². The van der Waals surface area contributed by atoms with Crippen molar-refractivity contribution in [2.24, 2.45) is 0 Å². The molecule has 1 heterocycles. The highest BCUT2D eigenvalue weighted by molar-refractivity contribution is 5.86. The van der Waals surface area contributed by atoms with Crippen molar-refractivity contribution in [1.29, 1.82) is 0 Å². The molecule has 0 amide bonds. The van der Waals surface area contributed by atoms with Crippen LogP contribution in [0.15, 0.2) is 97.1 Å². The zero-order valence-electron chi connectivity index (χ0n) is 18.3. The van der Waals surface area contributed by atoms with Gasteiger partial charge in [-0.25, -0.2) is 0 Å². The number of hydrogen-bond acceptors (Lipinski definition) is 2. The van der Waals surface area contributed by atoms with Gasteiger partial charge in [-0.05, 0) is 52.4 Å². The Balaban J connectivity index is 1.53. The first-order valence-electron chi connectivity index (χ1n) is 11.4. The van der Waals surface area contributed by atoms with E-state index < -0.39 is 0 Å². The van der Waals surface area contributed by atoms with E-state index in [1.807, 2.05) is 0 Å². The Bertz CT molecular complexity index is 1210. The standard InChI is InChI=1S/C30H26O2/c1-21-10-12-22(13-11-21)30(23-14-16-24(17-15-23)32-20-25-18-19-31-25)28-8-4-2-6-26(28)27-7-3-5-9-29(27)30/h2-17,25H,18-20H2,1H3. The molecule has 1 aliphatic heterocycles. The molecule has 0 aromatic heterocycles. The van der Waals surface area contributed by atoms with Gasteiger partial charge in [0.25, 0.3) is 0 Å². The minimum atomic E-state index is -0.351. The summed E-state index contributed by atoms with van der Waals surface area (Å²) in [5.74, 6) is 0.892. The first-order valence-corrected chi connectivity index (χ1v) is 11.4. The lowest BCUT2D eigenvalue weighted by molar-refractivity contribution is -0.0720. The molecule has 2 aliphatic rings. The third-order valence-electron chi connectivity index (χ3n) is 6.95. The van der Waals surface area contributed by atoms with E-state index in [-0.39, 0.29) is 11.5 Å². The van der Waals surface area contributed by atoms with Crippen molar-refractivity contribution in [2.75, 3.05) is 13.2 Å². The summed E-state index contributed by atoms with van der Waals surface area (Å²) in [5.41, 5.74) is 8.75. The summed E-state index contributed by atoms with van der Waals surface area (Å²) in [4.78, 5) is 0. The van der Waals surface area contributed by atoms with Gasteiger partial charge in [0.15, 0.2) is 0 Å². The summed E-state index contributed by atoms with van der Waals surface area (Å²) in [7, 11) is 0. The molecule has 0 saturated carbocycles. The monoisotopic (exact) mass is 418 g/mol. The maximum atomic E-state index is 6.00. The lowest BCUT2D eigenvalue weighted by atomic mass is 9.67. The molecule has 0 N–H and O–H groups in total. The molecule has 0 spiro atoms. The second kappa shape index (κ2) is 7.65. The summed E-state index contributed by atoms with van der Waals surface area (Å²) in [6.07, 6.45) is 1.32. The topological polar surface area (TPSA) is 18.5 Å². The largest absolute Gasteiger partial charge is 0.491 e. The maximum Gasteiger partial charge on any atom is 0.119 e. The van der Waals surface area contributed by atoms with E-state index in [1.165, 1.54) is 38.9 Å². The van der Waals surface area contributed by atoms with Crippen molar-refractivity contribution >= 4 is 0 Å². The Morgan fingerprint density at radius 2 is 1.28 bits per heavy atom. The van der Waals surface area contributed by atoms with Gasteiger partial charge in [0.2, 0.25) is 0 Å². The van der Waals surface area contributed by atoms with Crippen LogP contribution >= 0.6 is 0 Å². The highest BCUT2D eigenvalue weighted by Crippen LogP contribution is 2.56. The third kappa shape index (κ3) is 2.91. The fraction of sp³-hybridized carbons (Fsp3) is 0.200. The van der Waals surface area contributed by atoms with Crippen LogP contribution in [0.3, 0.4) is 0 Å². The van der Waals surface area contributed by atoms with Gasteiger partial charge in [0, 0.05) is 13.0 Å². The minimum Gasteiger partial charge on any atom is -0.491 e.